The molecule has 6 nitrogen and oxygen atoms in total. The number of benzene rings is 2. The fourth-order valence-electron chi connectivity index (χ4n) is 4.58. The lowest BCUT2D eigenvalue weighted by molar-refractivity contribution is -0.117. The molecule has 8 heteroatoms. The van der Waals surface area contributed by atoms with Gasteiger partial charge in [0.15, 0.2) is 0 Å². The molecule has 0 spiro atoms. The van der Waals surface area contributed by atoms with E-state index in [4.69, 9.17) is 0 Å². The average molecular weight is 444 g/mol. The van der Waals surface area contributed by atoms with E-state index in [0.29, 0.717) is 48.4 Å². The van der Waals surface area contributed by atoms with Crippen LogP contribution >= 0.6 is 11.8 Å². The summed E-state index contributed by atoms with van der Waals surface area (Å²) < 4.78 is 28.5. The Labute approximate surface area is 181 Å². The van der Waals surface area contributed by atoms with Crippen LogP contribution in [0.25, 0.3) is 0 Å². The minimum Gasteiger partial charge on any atom is -0.310 e. The molecular weight excluding hydrogens is 418 g/mol. The fraction of sp³-hybridized carbons (Fsp3) is 0.409. The van der Waals surface area contributed by atoms with Crippen molar-refractivity contribution in [2.75, 3.05) is 37.6 Å². The minimum absolute atomic E-state index is 0.00808. The van der Waals surface area contributed by atoms with Gasteiger partial charge in [0.05, 0.1) is 17.0 Å². The van der Waals surface area contributed by atoms with Crippen LogP contribution in [-0.4, -0.2) is 61.5 Å². The molecule has 3 aliphatic heterocycles. The summed E-state index contributed by atoms with van der Waals surface area (Å²) in [6.45, 7) is 5.91. The second-order valence-electron chi connectivity index (χ2n) is 8.16. The molecule has 1 amide bonds. The first kappa shape index (κ1) is 20.1. The number of carbonyl (C=O) groups is 1. The van der Waals surface area contributed by atoms with Crippen molar-refractivity contribution < 1.29 is 13.2 Å². The monoisotopic (exact) mass is 443 g/mol. The van der Waals surface area contributed by atoms with Crippen LogP contribution in [-0.2, 0) is 27.8 Å². The molecule has 0 N–H and O–H groups in total. The van der Waals surface area contributed by atoms with E-state index in [0.717, 1.165) is 17.1 Å². The van der Waals surface area contributed by atoms with E-state index in [1.165, 1.54) is 5.56 Å². The van der Waals surface area contributed by atoms with Crippen molar-refractivity contribution in [1.82, 2.24) is 9.21 Å². The van der Waals surface area contributed by atoms with E-state index < -0.39 is 10.0 Å². The van der Waals surface area contributed by atoms with Crippen molar-refractivity contribution in [2.24, 2.45) is 0 Å². The van der Waals surface area contributed by atoms with Crippen molar-refractivity contribution in [3.05, 3.63) is 53.6 Å². The predicted octanol–water partition coefficient (Wildman–Crippen LogP) is 2.58. The Hall–Kier alpha value is -1.87. The van der Waals surface area contributed by atoms with Gasteiger partial charge in [-0.1, -0.05) is 37.3 Å². The molecule has 0 radical (unpaired) electrons. The van der Waals surface area contributed by atoms with Gasteiger partial charge in [-0.2, -0.15) is 4.31 Å². The lowest BCUT2D eigenvalue weighted by Crippen LogP contribution is -2.48. The average Bonchev–Trinajstić information content (AvgIpc) is 3.06. The van der Waals surface area contributed by atoms with Crippen LogP contribution in [0.15, 0.2) is 52.3 Å². The van der Waals surface area contributed by atoms with Gasteiger partial charge in [-0.15, -0.1) is 11.8 Å². The van der Waals surface area contributed by atoms with Crippen LogP contribution in [0, 0.1) is 0 Å². The number of hydrogen-bond donors (Lipinski definition) is 0. The van der Waals surface area contributed by atoms with Crippen molar-refractivity contribution in [1.29, 1.82) is 0 Å². The van der Waals surface area contributed by atoms with Crippen LogP contribution < -0.4 is 4.90 Å². The molecule has 1 fully saturated rings. The van der Waals surface area contributed by atoms with E-state index in [1.807, 2.05) is 24.3 Å². The molecule has 0 saturated carbocycles. The molecular formula is C22H25N3O3S2. The summed E-state index contributed by atoms with van der Waals surface area (Å²) in [6.07, 6.45) is 0.180. The van der Waals surface area contributed by atoms with E-state index >= 15 is 0 Å². The molecule has 2 aromatic carbocycles. The Morgan fingerprint density at radius 3 is 2.50 bits per heavy atom. The standard InChI is InChI=1S/C22H25N3O3S2/c1-16-14-25-21(26)13-18-20(8-7-19(29-16)22(18)25)30(27,28)24-11-9-23(10-12-24)15-17-5-3-2-4-6-17/h2-8,16H,9-15H2,1H3/t16-/m0/s1. The predicted molar refractivity (Wildman–Crippen MR) is 118 cm³/mol. The number of piperazine rings is 1. The summed E-state index contributed by atoms with van der Waals surface area (Å²) >= 11 is 1.72. The minimum atomic E-state index is -3.63. The third-order valence-corrected chi connectivity index (χ3v) is 9.19. The maximum Gasteiger partial charge on any atom is 0.243 e. The quantitative estimate of drug-likeness (QED) is 0.727. The largest absolute Gasteiger partial charge is 0.310 e. The fourth-order valence-corrected chi connectivity index (χ4v) is 7.38. The molecule has 2 aromatic rings. The van der Waals surface area contributed by atoms with Crippen LogP contribution in [0.1, 0.15) is 18.1 Å². The van der Waals surface area contributed by atoms with E-state index in [2.05, 4.69) is 24.0 Å². The summed E-state index contributed by atoms with van der Waals surface area (Å²) in [5, 5.41) is 0.313. The third kappa shape index (κ3) is 3.45. The molecule has 1 atom stereocenters. The maximum absolute atomic E-state index is 13.5. The van der Waals surface area contributed by atoms with Gasteiger partial charge in [-0.25, -0.2) is 8.42 Å². The number of nitrogens with zero attached hydrogens (tertiary/aromatic N) is 3. The number of sulfonamides is 1. The van der Waals surface area contributed by atoms with Gasteiger partial charge in [0, 0.05) is 55.0 Å². The van der Waals surface area contributed by atoms with Gasteiger partial charge in [0.2, 0.25) is 15.9 Å². The van der Waals surface area contributed by atoms with Gasteiger partial charge in [-0.05, 0) is 17.7 Å². The highest BCUT2D eigenvalue weighted by Crippen LogP contribution is 2.46. The summed E-state index contributed by atoms with van der Waals surface area (Å²) in [7, 11) is -3.63. The van der Waals surface area contributed by atoms with Crippen LogP contribution in [0.2, 0.25) is 0 Å². The Balaban J connectivity index is 1.37. The maximum atomic E-state index is 13.5. The summed E-state index contributed by atoms with van der Waals surface area (Å²) in [5.74, 6) is 0.00808. The van der Waals surface area contributed by atoms with Crippen LogP contribution in [0.4, 0.5) is 5.69 Å². The van der Waals surface area contributed by atoms with Gasteiger partial charge >= 0.3 is 0 Å². The molecule has 158 valence electrons. The second kappa shape index (κ2) is 7.67. The normalized spacial score (nSPS) is 22.4. The molecule has 3 aliphatic rings. The highest BCUT2D eigenvalue weighted by molar-refractivity contribution is 8.00. The number of hydrogen-bond acceptors (Lipinski definition) is 5. The SMILES string of the molecule is C[C@H]1CN2C(=O)Cc3c(S(=O)(=O)N4CCN(Cc5ccccc5)CC4)ccc(c32)S1. The zero-order valence-corrected chi connectivity index (χ0v) is 18.6. The highest BCUT2D eigenvalue weighted by Gasteiger charge is 2.40. The topological polar surface area (TPSA) is 60.9 Å². The van der Waals surface area contributed by atoms with Gasteiger partial charge in [-0.3, -0.25) is 9.69 Å². The van der Waals surface area contributed by atoms with Crippen LogP contribution in [0.5, 0.6) is 0 Å². The van der Waals surface area contributed by atoms with Crippen molar-refractivity contribution in [3.63, 3.8) is 0 Å². The Kier molecular flexibility index (Phi) is 5.13. The molecule has 0 unspecified atom stereocenters. The van der Waals surface area contributed by atoms with Gasteiger partial charge in [0.1, 0.15) is 0 Å². The number of amides is 1. The molecule has 3 heterocycles. The van der Waals surface area contributed by atoms with Crippen molar-refractivity contribution in [3.8, 4) is 0 Å². The van der Waals surface area contributed by atoms with Crippen molar-refractivity contribution >= 4 is 33.4 Å². The molecule has 5 rings (SSSR count). The van der Waals surface area contributed by atoms with Gasteiger partial charge in [0.25, 0.3) is 0 Å². The second-order valence-corrected chi connectivity index (χ2v) is 11.6. The Morgan fingerprint density at radius 1 is 1.03 bits per heavy atom. The number of thioether (sulfide) groups is 1. The molecule has 0 bridgehead atoms. The third-order valence-electron chi connectivity index (χ3n) is 6.07. The zero-order valence-electron chi connectivity index (χ0n) is 17.0. The van der Waals surface area contributed by atoms with E-state index in [1.54, 1.807) is 27.0 Å². The number of carbonyl (C=O) groups excluding carboxylic acids is 1. The molecule has 0 aliphatic carbocycles. The van der Waals surface area contributed by atoms with E-state index in [9.17, 15) is 13.2 Å². The Morgan fingerprint density at radius 2 is 1.77 bits per heavy atom. The van der Waals surface area contributed by atoms with Crippen LogP contribution in [0.3, 0.4) is 0 Å². The zero-order chi connectivity index (χ0) is 20.9. The molecule has 1 saturated heterocycles. The molecule has 30 heavy (non-hydrogen) atoms. The lowest BCUT2D eigenvalue weighted by atomic mass is 10.1. The highest BCUT2D eigenvalue weighted by atomic mass is 32.2. The summed E-state index contributed by atoms with van der Waals surface area (Å²) in [6, 6.07) is 13.8. The summed E-state index contributed by atoms with van der Waals surface area (Å²) in [4.78, 5) is 18.0. The molecule has 0 aromatic heterocycles. The first-order valence-electron chi connectivity index (χ1n) is 10.3. The lowest BCUT2D eigenvalue weighted by Gasteiger charge is -2.34. The smallest absolute Gasteiger partial charge is 0.243 e. The van der Waals surface area contributed by atoms with Crippen molar-refractivity contribution in [2.45, 2.75) is 34.9 Å². The Bertz CT molecular complexity index is 1080. The first-order chi connectivity index (χ1) is 14.4. The first-order valence-corrected chi connectivity index (χ1v) is 12.6. The summed E-state index contributed by atoms with van der Waals surface area (Å²) in [5.41, 5.74) is 2.75. The number of anilines is 1. The van der Waals surface area contributed by atoms with E-state index in [-0.39, 0.29) is 12.3 Å². The number of rotatable bonds is 4. The van der Waals surface area contributed by atoms with Gasteiger partial charge < -0.3 is 4.90 Å².